The Morgan fingerprint density at radius 3 is 1.68 bits per heavy atom. The number of para-hydroxylation sites is 2. The minimum atomic E-state index is 0.670. The summed E-state index contributed by atoms with van der Waals surface area (Å²) in [6, 6.07) is 41.9. The van der Waals surface area contributed by atoms with Crippen molar-refractivity contribution in [2.45, 2.75) is 0 Å². The van der Waals surface area contributed by atoms with E-state index in [0.717, 1.165) is 27.6 Å². The van der Waals surface area contributed by atoms with Gasteiger partial charge in [-0.2, -0.15) is 0 Å². The number of fused-ring (bicyclic) bond motifs is 6. The van der Waals surface area contributed by atoms with Gasteiger partial charge in [-0.15, -0.1) is 0 Å². The molecule has 0 spiro atoms. The maximum Gasteiger partial charge on any atom is 0.164 e. The third-order valence-corrected chi connectivity index (χ3v) is 7.19. The molecule has 4 heteroatoms. The highest BCUT2D eigenvalue weighted by atomic mass is 15.0. The van der Waals surface area contributed by atoms with Gasteiger partial charge >= 0.3 is 0 Å². The van der Waals surface area contributed by atoms with Crippen LogP contribution < -0.4 is 0 Å². The van der Waals surface area contributed by atoms with Crippen LogP contribution in [0.1, 0.15) is 0 Å². The fourth-order valence-electron chi connectivity index (χ4n) is 5.60. The fourth-order valence-corrected chi connectivity index (χ4v) is 5.60. The van der Waals surface area contributed by atoms with Gasteiger partial charge in [-0.3, -0.25) is 0 Å². The van der Waals surface area contributed by atoms with Crippen LogP contribution in [-0.4, -0.2) is 19.4 Å². The summed E-state index contributed by atoms with van der Waals surface area (Å²) in [7, 11) is 0. The number of benzene rings is 5. The van der Waals surface area contributed by atoms with Gasteiger partial charge in [0.15, 0.2) is 17.5 Å². The Balaban J connectivity index is 1.48. The van der Waals surface area contributed by atoms with E-state index in [9.17, 15) is 0 Å². The fraction of sp³-hybridized carbons (Fsp3) is 0. The van der Waals surface area contributed by atoms with E-state index in [0.29, 0.717) is 17.5 Å². The van der Waals surface area contributed by atoms with Gasteiger partial charge in [-0.1, -0.05) is 109 Å². The molecule has 0 radical (unpaired) electrons. The van der Waals surface area contributed by atoms with Crippen LogP contribution in [0.4, 0.5) is 0 Å². The minimum Gasteiger partial charge on any atom is -0.308 e. The monoisotopic (exact) mass is 472 g/mol. The van der Waals surface area contributed by atoms with Crippen molar-refractivity contribution in [1.82, 2.24) is 19.4 Å². The molecule has 0 fully saturated rings. The van der Waals surface area contributed by atoms with Crippen molar-refractivity contribution in [3.8, 4) is 34.2 Å². The first-order chi connectivity index (χ1) is 18.4. The molecule has 0 aliphatic rings. The highest BCUT2D eigenvalue weighted by Crippen LogP contribution is 2.42. The van der Waals surface area contributed by atoms with Crippen LogP contribution in [0.3, 0.4) is 0 Å². The molecule has 172 valence electrons. The Bertz CT molecular complexity index is 2020. The number of hydrogen-bond acceptors (Lipinski definition) is 3. The molecule has 4 nitrogen and oxygen atoms in total. The highest BCUT2D eigenvalue weighted by Gasteiger charge is 2.21. The van der Waals surface area contributed by atoms with Gasteiger partial charge in [-0.25, -0.2) is 15.0 Å². The van der Waals surface area contributed by atoms with Crippen LogP contribution in [0.15, 0.2) is 121 Å². The zero-order valence-corrected chi connectivity index (χ0v) is 19.8. The quantitative estimate of drug-likeness (QED) is 0.261. The van der Waals surface area contributed by atoms with Crippen LogP contribution in [0.5, 0.6) is 0 Å². The van der Waals surface area contributed by atoms with Crippen molar-refractivity contribution in [3.05, 3.63) is 121 Å². The molecule has 3 heterocycles. The predicted molar refractivity (Wildman–Crippen MR) is 151 cm³/mol. The van der Waals surface area contributed by atoms with Crippen LogP contribution in [-0.2, 0) is 0 Å². The summed E-state index contributed by atoms with van der Waals surface area (Å²) in [6.45, 7) is 0. The van der Waals surface area contributed by atoms with Crippen molar-refractivity contribution in [2.24, 2.45) is 0 Å². The maximum atomic E-state index is 5.02. The summed E-state index contributed by atoms with van der Waals surface area (Å²) >= 11 is 0. The lowest BCUT2D eigenvalue weighted by Crippen LogP contribution is -2.00. The molecule has 0 bridgehead atoms. The highest BCUT2D eigenvalue weighted by molar-refractivity contribution is 6.25. The molecule has 5 aromatic carbocycles. The van der Waals surface area contributed by atoms with Crippen molar-refractivity contribution in [2.75, 3.05) is 0 Å². The normalized spacial score (nSPS) is 11.8. The van der Waals surface area contributed by atoms with Crippen LogP contribution in [0, 0.1) is 0 Å². The van der Waals surface area contributed by atoms with Gasteiger partial charge in [0.05, 0.1) is 16.6 Å². The first kappa shape index (κ1) is 20.1. The van der Waals surface area contributed by atoms with Gasteiger partial charge < -0.3 is 4.40 Å². The van der Waals surface area contributed by atoms with E-state index in [4.69, 9.17) is 15.0 Å². The van der Waals surface area contributed by atoms with E-state index in [1.807, 2.05) is 60.7 Å². The predicted octanol–water partition coefficient (Wildman–Crippen LogP) is 8.02. The first-order valence-electron chi connectivity index (χ1n) is 12.4. The standard InChI is InChI=1S/C33H20N4/c1-3-11-21(12-4-1)31-34-32(22-13-5-2-6-14-22)36-33(35-31)26-18-10-20-28-29(26)25-17-9-16-24-23-15-7-8-19-27(23)37(28)30(24)25/h1-20H. The average Bonchev–Trinajstić information content (AvgIpc) is 3.50. The van der Waals surface area contributed by atoms with E-state index < -0.39 is 0 Å². The Kier molecular flexibility index (Phi) is 4.19. The number of nitrogens with zero attached hydrogens (tertiary/aromatic N) is 4. The van der Waals surface area contributed by atoms with Gasteiger partial charge in [0.1, 0.15) is 0 Å². The third kappa shape index (κ3) is 2.93. The first-order valence-corrected chi connectivity index (χ1v) is 12.4. The topological polar surface area (TPSA) is 43.1 Å². The molecule has 0 atom stereocenters. The molecule has 8 aromatic rings. The molecule has 0 saturated carbocycles. The lowest BCUT2D eigenvalue weighted by molar-refractivity contribution is 1.08. The van der Waals surface area contributed by atoms with Gasteiger partial charge in [0.25, 0.3) is 0 Å². The maximum absolute atomic E-state index is 5.02. The zero-order valence-electron chi connectivity index (χ0n) is 19.8. The molecule has 8 rings (SSSR count). The van der Waals surface area contributed by atoms with E-state index in [1.54, 1.807) is 0 Å². The Hall–Kier alpha value is -5.09. The van der Waals surface area contributed by atoms with Gasteiger partial charge in [0.2, 0.25) is 0 Å². The molecule has 0 unspecified atom stereocenters. The van der Waals surface area contributed by atoms with Crippen LogP contribution in [0.2, 0.25) is 0 Å². The largest absolute Gasteiger partial charge is 0.308 e. The van der Waals surface area contributed by atoms with E-state index in [2.05, 4.69) is 65.1 Å². The Labute approximate surface area is 212 Å². The van der Waals surface area contributed by atoms with Crippen molar-refractivity contribution in [3.63, 3.8) is 0 Å². The molecule has 0 aliphatic heterocycles. The smallest absolute Gasteiger partial charge is 0.164 e. The van der Waals surface area contributed by atoms with Crippen molar-refractivity contribution >= 4 is 38.1 Å². The summed E-state index contributed by atoms with van der Waals surface area (Å²) < 4.78 is 2.39. The van der Waals surface area contributed by atoms with Crippen molar-refractivity contribution < 1.29 is 0 Å². The molecule has 0 aliphatic carbocycles. The average molecular weight is 473 g/mol. The van der Waals surface area contributed by atoms with Crippen molar-refractivity contribution in [1.29, 1.82) is 0 Å². The summed E-state index contributed by atoms with van der Waals surface area (Å²) in [4.78, 5) is 14.9. The SMILES string of the molecule is c1ccc(-c2nc(-c3ccccc3)nc(-c3cccc4c3c3cccc5c6ccccc6n4c53)n2)cc1. The zero-order chi connectivity index (χ0) is 24.3. The molecule has 0 amide bonds. The summed E-state index contributed by atoms with van der Waals surface area (Å²) in [5.74, 6) is 2.02. The Morgan fingerprint density at radius 1 is 0.405 bits per heavy atom. The second kappa shape index (κ2) is 7.70. The van der Waals surface area contributed by atoms with Gasteiger partial charge in [-0.05, 0) is 12.1 Å². The van der Waals surface area contributed by atoms with E-state index in [-0.39, 0.29) is 0 Å². The number of rotatable bonds is 3. The molecule has 0 saturated heterocycles. The summed E-state index contributed by atoms with van der Waals surface area (Å²) in [5.41, 5.74) is 6.56. The van der Waals surface area contributed by atoms with E-state index in [1.165, 1.54) is 27.2 Å². The lowest BCUT2D eigenvalue weighted by Gasteiger charge is -2.09. The van der Waals surface area contributed by atoms with Gasteiger partial charge in [0, 0.05) is 38.2 Å². The molecule has 0 N–H and O–H groups in total. The summed E-state index contributed by atoms with van der Waals surface area (Å²) in [5, 5.41) is 4.91. The molecule has 3 aromatic heterocycles. The third-order valence-electron chi connectivity index (χ3n) is 7.19. The second-order valence-corrected chi connectivity index (χ2v) is 9.29. The van der Waals surface area contributed by atoms with Crippen LogP contribution in [0.25, 0.3) is 72.3 Å². The lowest BCUT2D eigenvalue weighted by atomic mass is 10.0. The molecular formula is C33H20N4. The molecule has 37 heavy (non-hydrogen) atoms. The Morgan fingerprint density at radius 2 is 0.946 bits per heavy atom. The van der Waals surface area contributed by atoms with E-state index >= 15 is 0 Å². The summed E-state index contributed by atoms with van der Waals surface area (Å²) in [6.07, 6.45) is 0. The second-order valence-electron chi connectivity index (χ2n) is 9.29. The number of hydrogen-bond donors (Lipinski definition) is 0. The van der Waals surface area contributed by atoms with Crippen LogP contribution >= 0.6 is 0 Å². The molecular weight excluding hydrogens is 452 g/mol. The number of aromatic nitrogens is 4. The minimum absolute atomic E-state index is 0.670.